The molecule has 0 aliphatic heterocycles. The van der Waals surface area contributed by atoms with Crippen LogP contribution in [0.5, 0.6) is 5.75 Å². The summed E-state index contributed by atoms with van der Waals surface area (Å²) >= 11 is 3.26. The summed E-state index contributed by atoms with van der Waals surface area (Å²) < 4.78 is 0.542. The van der Waals surface area contributed by atoms with E-state index < -0.39 is 0 Å². The highest BCUT2D eigenvalue weighted by molar-refractivity contribution is 9.10. The summed E-state index contributed by atoms with van der Waals surface area (Å²) in [6.07, 6.45) is 4.63. The van der Waals surface area contributed by atoms with Gasteiger partial charge >= 0.3 is 0 Å². The Labute approximate surface area is 122 Å². The third kappa shape index (κ3) is 2.97. The number of hydrogen-bond donors (Lipinski definition) is 2. The molecular weight excluding hydrogens is 316 g/mol. The number of rotatable bonds is 2. The van der Waals surface area contributed by atoms with Gasteiger partial charge < -0.3 is 10.8 Å². The Morgan fingerprint density at radius 1 is 1.39 bits per heavy atom. The molecule has 0 radical (unpaired) electrons. The summed E-state index contributed by atoms with van der Waals surface area (Å²) in [6.45, 7) is 0. The molecule has 1 aromatic carbocycles. The Balaban J connectivity index is 0.00000162. The van der Waals surface area contributed by atoms with Gasteiger partial charge in [-0.15, -0.1) is 12.4 Å². The van der Waals surface area contributed by atoms with Gasteiger partial charge in [-0.25, -0.2) is 0 Å². The van der Waals surface area contributed by atoms with E-state index in [4.69, 9.17) is 11.0 Å². The van der Waals surface area contributed by atoms with Crippen molar-refractivity contribution in [3.05, 3.63) is 27.7 Å². The Bertz CT molecular complexity index is 467. The molecule has 2 rings (SSSR count). The Kier molecular flexibility index (Phi) is 5.46. The van der Waals surface area contributed by atoms with Gasteiger partial charge in [0, 0.05) is 11.6 Å². The Hall–Kier alpha value is -0.760. The summed E-state index contributed by atoms with van der Waals surface area (Å²) in [5.74, 6) is 0.588. The third-order valence-corrected chi connectivity index (χ3v) is 4.09. The number of nitriles is 1. The number of phenols is 1. The first-order valence-corrected chi connectivity index (χ1v) is 6.61. The van der Waals surface area contributed by atoms with Gasteiger partial charge in [-0.3, -0.25) is 0 Å². The number of halogens is 2. The van der Waals surface area contributed by atoms with Crippen molar-refractivity contribution in [1.29, 1.82) is 5.26 Å². The van der Waals surface area contributed by atoms with Crippen molar-refractivity contribution in [2.45, 2.75) is 31.7 Å². The summed E-state index contributed by atoms with van der Waals surface area (Å²) in [5, 5.41) is 18.9. The van der Waals surface area contributed by atoms with Gasteiger partial charge in [0.05, 0.1) is 16.1 Å². The van der Waals surface area contributed by atoms with Gasteiger partial charge in [-0.2, -0.15) is 5.26 Å². The topological polar surface area (TPSA) is 70.0 Å². The molecule has 0 amide bonds. The molecule has 3 N–H and O–H groups in total. The van der Waals surface area contributed by atoms with E-state index in [2.05, 4.69) is 22.0 Å². The summed E-state index contributed by atoms with van der Waals surface area (Å²) in [6, 6.07) is 5.21. The van der Waals surface area contributed by atoms with Gasteiger partial charge in [0.15, 0.2) is 0 Å². The molecule has 18 heavy (non-hydrogen) atoms. The van der Waals surface area contributed by atoms with Gasteiger partial charge in [0.2, 0.25) is 0 Å². The standard InChI is InChI=1S/C13H15BrN2O.ClH/c14-11-6-8(7-15)5-10(13(11)17)12(16)9-3-1-2-4-9;/h5-6,9,12,17H,1-4,16H2;1H/t12-;/m1./s1. The normalized spacial score (nSPS) is 16.9. The zero-order chi connectivity index (χ0) is 12.4. The summed E-state index contributed by atoms with van der Waals surface area (Å²) in [7, 11) is 0. The first-order valence-electron chi connectivity index (χ1n) is 5.81. The molecule has 1 atom stereocenters. The minimum absolute atomic E-state index is 0. The number of phenolic OH excluding ortho intramolecular Hbond substituents is 1. The minimum Gasteiger partial charge on any atom is -0.506 e. The van der Waals surface area contributed by atoms with Crippen molar-refractivity contribution in [3.8, 4) is 11.8 Å². The lowest BCUT2D eigenvalue weighted by atomic mass is 9.91. The van der Waals surface area contributed by atoms with Crippen LogP contribution in [-0.4, -0.2) is 5.11 Å². The minimum atomic E-state index is -0.179. The van der Waals surface area contributed by atoms with Crippen LogP contribution >= 0.6 is 28.3 Å². The molecule has 0 spiro atoms. The van der Waals surface area contributed by atoms with Crippen molar-refractivity contribution in [2.24, 2.45) is 11.7 Å². The van der Waals surface area contributed by atoms with E-state index in [1.807, 2.05) is 0 Å². The van der Waals surface area contributed by atoms with E-state index in [1.165, 1.54) is 12.8 Å². The van der Waals surface area contributed by atoms with Crippen LogP contribution in [0.3, 0.4) is 0 Å². The largest absolute Gasteiger partial charge is 0.506 e. The van der Waals surface area contributed by atoms with E-state index >= 15 is 0 Å². The molecule has 0 bridgehead atoms. The van der Waals surface area contributed by atoms with Crippen LogP contribution < -0.4 is 5.73 Å². The first kappa shape index (κ1) is 15.3. The highest BCUT2D eigenvalue weighted by Crippen LogP contribution is 2.40. The fourth-order valence-electron chi connectivity index (χ4n) is 2.51. The zero-order valence-corrected chi connectivity index (χ0v) is 12.3. The SMILES string of the molecule is Cl.N#Cc1cc(Br)c(O)c([C@H](N)C2CCCC2)c1. The second-order valence-corrected chi connectivity index (χ2v) is 5.43. The quantitative estimate of drug-likeness (QED) is 0.869. The highest BCUT2D eigenvalue weighted by Gasteiger charge is 2.26. The third-order valence-electron chi connectivity index (χ3n) is 3.49. The highest BCUT2D eigenvalue weighted by atomic mass is 79.9. The van der Waals surface area contributed by atoms with Crippen LogP contribution in [0.2, 0.25) is 0 Å². The van der Waals surface area contributed by atoms with Crippen LogP contribution in [0.1, 0.15) is 42.9 Å². The maximum atomic E-state index is 10.0. The van der Waals surface area contributed by atoms with E-state index in [9.17, 15) is 5.11 Å². The maximum Gasteiger partial charge on any atom is 0.134 e. The van der Waals surface area contributed by atoms with Gasteiger partial charge in [-0.05, 0) is 46.8 Å². The first-order chi connectivity index (χ1) is 8.13. The molecule has 1 aromatic rings. The predicted molar refractivity (Wildman–Crippen MR) is 76.7 cm³/mol. The average Bonchev–Trinajstić information content (AvgIpc) is 2.85. The molecule has 0 saturated heterocycles. The van der Waals surface area contributed by atoms with Crippen LogP contribution in [0.25, 0.3) is 0 Å². The van der Waals surface area contributed by atoms with Gasteiger partial charge in [0.1, 0.15) is 5.75 Å². The lowest BCUT2D eigenvalue weighted by Crippen LogP contribution is -2.19. The number of aromatic hydroxyl groups is 1. The molecular formula is C13H16BrClN2O. The molecule has 1 saturated carbocycles. The Morgan fingerprint density at radius 3 is 2.56 bits per heavy atom. The van der Waals surface area contributed by atoms with Gasteiger partial charge in [-0.1, -0.05) is 12.8 Å². The Morgan fingerprint density at radius 2 is 2.00 bits per heavy atom. The van der Waals surface area contributed by atoms with Crippen LogP contribution in [0.4, 0.5) is 0 Å². The molecule has 1 aliphatic rings. The van der Waals surface area contributed by atoms with Crippen molar-refractivity contribution >= 4 is 28.3 Å². The second kappa shape index (κ2) is 6.42. The van der Waals surface area contributed by atoms with E-state index in [0.29, 0.717) is 21.5 Å². The van der Waals surface area contributed by atoms with Crippen molar-refractivity contribution in [3.63, 3.8) is 0 Å². The zero-order valence-electron chi connectivity index (χ0n) is 9.90. The van der Waals surface area contributed by atoms with E-state index in [-0.39, 0.29) is 24.2 Å². The number of hydrogen-bond acceptors (Lipinski definition) is 3. The lowest BCUT2D eigenvalue weighted by Gasteiger charge is -2.21. The molecule has 98 valence electrons. The average molecular weight is 332 g/mol. The van der Waals surface area contributed by atoms with E-state index in [0.717, 1.165) is 12.8 Å². The number of nitrogens with two attached hydrogens (primary N) is 1. The smallest absolute Gasteiger partial charge is 0.134 e. The number of benzene rings is 1. The monoisotopic (exact) mass is 330 g/mol. The predicted octanol–water partition coefficient (Wildman–Crippen LogP) is 3.64. The van der Waals surface area contributed by atoms with Crippen molar-refractivity contribution in [1.82, 2.24) is 0 Å². The van der Waals surface area contributed by atoms with Crippen LogP contribution in [0, 0.1) is 17.2 Å². The summed E-state index contributed by atoms with van der Waals surface area (Å²) in [4.78, 5) is 0. The second-order valence-electron chi connectivity index (χ2n) is 4.58. The fraction of sp³-hybridized carbons (Fsp3) is 0.462. The molecule has 0 aromatic heterocycles. The molecule has 1 fully saturated rings. The number of nitrogens with zero attached hydrogens (tertiary/aromatic N) is 1. The van der Waals surface area contributed by atoms with Crippen molar-refractivity contribution in [2.75, 3.05) is 0 Å². The van der Waals surface area contributed by atoms with Crippen LogP contribution in [0.15, 0.2) is 16.6 Å². The van der Waals surface area contributed by atoms with Crippen molar-refractivity contribution < 1.29 is 5.11 Å². The lowest BCUT2D eigenvalue weighted by molar-refractivity contribution is 0.411. The summed E-state index contributed by atoms with van der Waals surface area (Å²) in [5.41, 5.74) is 7.41. The van der Waals surface area contributed by atoms with E-state index in [1.54, 1.807) is 12.1 Å². The fourth-order valence-corrected chi connectivity index (χ4v) is 2.98. The molecule has 3 nitrogen and oxygen atoms in total. The molecule has 1 aliphatic carbocycles. The molecule has 0 unspecified atom stereocenters. The van der Waals surface area contributed by atoms with Crippen LogP contribution in [-0.2, 0) is 0 Å². The maximum absolute atomic E-state index is 10.0. The molecule has 5 heteroatoms. The molecule has 0 heterocycles. The van der Waals surface area contributed by atoms with Gasteiger partial charge in [0.25, 0.3) is 0 Å².